The first-order valence-electron chi connectivity index (χ1n) is 9.40. The van der Waals surface area contributed by atoms with Crippen molar-refractivity contribution >= 4 is 0 Å². The normalized spacial score (nSPS) is 28.4. The molecular formula is C20H32O8. The van der Waals surface area contributed by atoms with Gasteiger partial charge in [0.15, 0.2) is 0 Å². The van der Waals surface area contributed by atoms with Gasteiger partial charge in [-0.2, -0.15) is 0 Å². The summed E-state index contributed by atoms with van der Waals surface area (Å²) in [5.74, 6) is 0.505. The van der Waals surface area contributed by atoms with Crippen LogP contribution in [0.3, 0.4) is 0 Å². The second-order valence-corrected chi connectivity index (χ2v) is 8.16. The Morgan fingerprint density at radius 1 is 0.964 bits per heavy atom. The van der Waals surface area contributed by atoms with E-state index in [1.54, 1.807) is 34.6 Å². The number of phenolic OH excluding ortho intramolecular Hbond substituents is 1. The second kappa shape index (κ2) is 8.52. The Morgan fingerprint density at radius 2 is 1.57 bits per heavy atom. The topological polar surface area (TPSA) is 140 Å². The van der Waals surface area contributed by atoms with Crippen LogP contribution in [0.4, 0.5) is 0 Å². The minimum absolute atomic E-state index is 0.125. The second-order valence-electron chi connectivity index (χ2n) is 8.16. The van der Waals surface area contributed by atoms with Crippen LogP contribution in [0.1, 0.15) is 42.5 Å². The SMILES string of the molecule is Cc1c(C)c(O[C@@H]2O[C@H](CO)[C@@H](O)[C@H](O)[C@H]2O)c(C)c(CCC(C)(C)O)c1O. The van der Waals surface area contributed by atoms with Crippen molar-refractivity contribution in [2.45, 2.75) is 83.8 Å². The molecular weight excluding hydrogens is 368 g/mol. The molecule has 0 saturated carbocycles. The standard InChI is InChI=1S/C20H32O8/c1-9-10(2)18(11(3)12(14(9)22)6-7-20(4,5)26)28-19-17(25)16(24)15(23)13(8-21)27-19/h13,15-17,19,21-26H,6-8H2,1-5H3/t13-,15-,16+,17-,19+/m1/s1. The Hall–Kier alpha value is -1.42. The molecule has 0 aliphatic carbocycles. The van der Waals surface area contributed by atoms with Crippen molar-refractivity contribution in [3.8, 4) is 11.5 Å². The summed E-state index contributed by atoms with van der Waals surface area (Å²) in [5.41, 5.74) is 1.57. The van der Waals surface area contributed by atoms with E-state index in [0.29, 0.717) is 40.8 Å². The Labute approximate surface area is 165 Å². The highest BCUT2D eigenvalue weighted by Gasteiger charge is 2.45. The first-order chi connectivity index (χ1) is 12.9. The van der Waals surface area contributed by atoms with Crippen molar-refractivity contribution in [1.29, 1.82) is 0 Å². The molecule has 1 aromatic rings. The van der Waals surface area contributed by atoms with E-state index in [4.69, 9.17) is 9.47 Å². The molecule has 160 valence electrons. The van der Waals surface area contributed by atoms with Crippen LogP contribution in [0.25, 0.3) is 0 Å². The smallest absolute Gasteiger partial charge is 0.229 e. The number of aliphatic hydroxyl groups excluding tert-OH is 4. The molecule has 5 atom stereocenters. The number of benzene rings is 1. The van der Waals surface area contributed by atoms with Crippen LogP contribution in [0.15, 0.2) is 0 Å². The van der Waals surface area contributed by atoms with Gasteiger partial charge in [-0.3, -0.25) is 0 Å². The number of hydrogen-bond acceptors (Lipinski definition) is 8. The van der Waals surface area contributed by atoms with Crippen LogP contribution in [-0.2, 0) is 11.2 Å². The molecule has 0 radical (unpaired) electrons. The lowest BCUT2D eigenvalue weighted by molar-refractivity contribution is -0.277. The summed E-state index contributed by atoms with van der Waals surface area (Å²) in [7, 11) is 0. The summed E-state index contributed by atoms with van der Waals surface area (Å²) in [5, 5.41) is 60.1. The van der Waals surface area contributed by atoms with Gasteiger partial charge < -0.3 is 40.1 Å². The van der Waals surface area contributed by atoms with Crippen molar-refractivity contribution in [2.75, 3.05) is 6.61 Å². The Morgan fingerprint density at radius 3 is 2.11 bits per heavy atom. The fraction of sp³-hybridized carbons (Fsp3) is 0.700. The molecule has 1 fully saturated rings. The van der Waals surface area contributed by atoms with Crippen LogP contribution < -0.4 is 4.74 Å². The molecule has 0 unspecified atom stereocenters. The lowest BCUT2D eigenvalue weighted by Gasteiger charge is -2.40. The zero-order valence-corrected chi connectivity index (χ0v) is 17.0. The quantitative estimate of drug-likeness (QED) is 0.398. The van der Waals surface area contributed by atoms with Crippen LogP contribution >= 0.6 is 0 Å². The van der Waals surface area contributed by atoms with Gasteiger partial charge in [0.2, 0.25) is 6.29 Å². The highest BCUT2D eigenvalue weighted by atomic mass is 16.7. The predicted molar refractivity (Wildman–Crippen MR) is 101 cm³/mol. The van der Waals surface area contributed by atoms with Crippen LogP contribution in [0.2, 0.25) is 0 Å². The maximum Gasteiger partial charge on any atom is 0.229 e. The number of ether oxygens (including phenoxy) is 2. The van der Waals surface area contributed by atoms with E-state index in [0.717, 1.165) is 0 Å². The molecule has 8 nitrogen and oxygen atoms in total. The van der Waals surface area contributed by atoms with Gasteiger partial charge in [-0.25, -0.2) is 0 Å². The number of aliphatic hydroxyl groups is 5. The first kappa shape index (κ1) is 22.9. The zero-order chi connectivity index (χ0) is 21.4. The third kappa shape index (κ3) is 4.59. The number of hydrogen-bond donors (Lipinski definition) is 6. The molecule has 1 aromatic carbocycles. The van der Waals surface area contributed by atoms with E-state index in [9.17, 15) is 30.6 Å². The molecule has 1 aliphatic heterocycles. The summed E-state index contributed by atoms with van der Waals surface area (Å²) >= 11 is 0. The van der Waals surface area contributed by atoms with Gasteiger partial charge in [0.25, 0.3) is 0 Å². The molecule has 1 aliphatic rings. The fourth-order valence-electron chi connectivity index (χ4n) is 3.36. The number of rotatable bonds is 6. The van der Waals surface area contributed by atoms with E-state index in [1.165, 1.54) is 0 Å². The molecule has 28 heavy (non-hydrogen) atoms. The molecule has 0 amide bonds. The Balaban J connectivity index is 2.38. The van der Waals surface area contributed by atoms with Crippen molar-refractivity contribution in [3.63, 3.8) is 0 Å². The van der Waals surface area contributed by atoms with Gasteiger partial charge >= 0.3 is 0 Å². The number of phenols is 1. The van der Waals surface area contributed by atoms with E-state index in [2.05, 4.69) is 0 Å². The molecule has 0 bridgehead atoms. The summed E-state index contributed by atoms with van der Waals surface area (Å²) in [6.45, 7) is 8.07. The summed E-state index contributed by atoms with van der Waals surface area (Å²) < 4.78 is 11.3. The van der Waals surface area contributed by atoms with Gasteiger partial charge in [-0.05, 0) is 64.2 Å². The van der Waals surface area contributed by atoms with Crippen LogP contribution in [-0.4, -0.2) is 73.6 Å². The Bertz CT molecular complexity index is 695. The van der Waals surface area contributed by atoms with Crippen LogP contribution in [0.5, 0.6) is 11.5 Å². The van der Waals surface area contributed by atoms with Crippen molar-refractivity contribution in [2.24, 2.45) is 0 Å². The van der Waals surface area contributed by atoms with Gasteiger partial charge in [-0.1, -0.05) is 0 Å². The van der Waals surface area contributed by atoms with E-state index in [1.807, 2.05) is 0 Å². The van der Waals surface area contributed by atoms with Gasteiger partial charge in [0, 0.05) is 5.56 Å². The molecule has 6 N–H and O–H groups in total. The summed E-state index contributed by atoms with van der Waals surface area (Å²) in [6, 6.07) is 0. The van der Waals surface area contributed by atoms with E-state index in [-0.39, 0.29) is 5.75 Å². The minimum Gasteiger partial charge on any atom is -0.507 e. The molecule has 2 rings (SSSR count). The fourth-order valence-corrected chi connectivity index (χ4v) is 3.36. The minimum atomic E-state index is -1.54. The highest BCUT2D eigenvalue weighted by Crippen LogP contribution is 2.39. The monoisotopic (exact) mass is 400 g/mol. The van der Waals surface area contributed by atoms with E-state index < -0.39 is 42.9 Å². The predicted octanol–water partition coefficient (Wildman–Crippen LogP) is 0.200. The largest absolute Gasteiger partial charge is 0.507 e. The maximum atomic E-state index is 10.6. The first-order valence-corrected chi connectivity index (χ1v) is 9.40. The van der Waals surface area contributed by atoms with Crippen LogP contribution in [0, 0.1) is 20.8 Å². The lowest BCUT2D eigenvalue weighted by Crippen LogP contribution is -2.60. The average Bonchev–Trinajstić information content (AvgIpc) is 2.62. The molecule has 1 saturated heterocycles. The van der Waals surface area contributed by atoms with Gasteiger partial charge in [-0.15, -0.1) is 0 Å². The molecule has 0 aromatic heterocycles. The highest BCUT2D eigenvalue weighted by molar-refractivity contribution is 5.57. The van der Waals surface area contributed by atoms with Crippen molar-refractivity contribution in [3.05, 3.63) is 22.3 Å². The van der Waals surface area contributed by atoms with Gasteiger partial charge in [0.1, 0.15) is 35.9 Å². The maximum absolute atomic E-state index is 10.6. The van der Waals surface area contributed by atoms with Crippen molar-refractivity contribution in [1.82, 2.24) is 0 Å². The average molecular weight is 400 g/mol. The molecule has 0 spiro atoms. The van der Waals surface area contributed by atoms with Gasteiger partial charge in [0.05, 0.1) is 12.2 Å². The summed E-state index contributed by atoms with van der Waals surface area (Å²) in [4.78, 5) is 0. The number of aromatic hydroxyl groups is 1. The zero-order valence-electron chi connectivity index (χ0n) is 17.0. The van der Waals surface area contributed by atoms with E-state index >= 15 is 0 Å². The third-order valence-electron chi connectivity index (χ3n) is 5.41. The van der Waals surface area contributed by atoms with Crippen molar-refractivity contribution < 1.29 is 40.1 Å². The lowest BCUT2D eigenvalue weighted by atomic mass is 9.91. The molecule has 8 heteroatoms. The Kier molecular flexibility index (Phi) is 6.96. The third-order valence-corrected chi connectivity index (χ3v) is 5.41. The summed E-state index contributed by atoms with van der Waals surface area (Å²) in [6.07, 6.45) is -6.08. The molecule has 1 heterocycles.